The molecule has 1 amide bonds. The Labute approximate surface area is 160 Å². The van der Waals surface area contributed by atoms with Gasteiger partial charge in [0.25, 0.3) is 0 Å². The van der Waals surface area contributed by atoms with Crippen molar-refractivity contribution in [1.29, 1.82) is 0 Å². The van der Waals surface area contributed by atoms with Crippen LogP contribution < -0.4 is 5.32 Å². The molecule has 0 aliphatic rings. The third-order valence-electron chi connectivity index (χ3n) is 4.34. The first kappa shape index (κ1) is 19.4. The molecule has 1 atom stereocenters. The molecule has 0 aliphatic carbocycles. The number of para-hydroxylation sites is 1. The maximum absolute atomic E-state index is 13.3. The predicted molar refractivity (Wildman–Crippen MR) is 105 cm³/mol. The first-order chi connectivity index (χ1) is 12.8. The largest absolute Gasteiger partial charge is 0.333 e. The number of carbonyl (C=O) groups is 1. The van der Waals surface area contributed by atoms with E-state index in [4.69, 9.17) is 0 Å². The summed E-state index contributed by atoms with van der Waals surface area (Å²) in [7, 11) is 0. The normalized spacial score (nSPS) is 12.6. The van der Waals surface area contributed by atoms with E-state index in [1.807, 2.05) is 25.1 Å². The first-order valence-corrected chi connectivity index (χ1v) is 9.56. The molecule has 3 aromatic rings. The van der Waals surface area contributed by atoms with Gasteiger partial charge in [-0.1, -0.05) is 43.8 Å². The minimum atomic E-state index is -0.947. The van der Waals surface area contributed by atoms with E-state index in [1.165, 1.54) is 11.8 Å². The Bertz CT molecular complexity index is 961. The Morgan fingerprint density at radius 3 is 2.59 bits per heavy atom. The van der Waals surface area contributed by atoms with Gasteiger partial charge in [0.05, 0.1) is 16.3 Å². The number of amides is 1. The highest BCUT2D eigenvalue weighted by atomic mass is 32.2. The molecule has 1 unspecified atom stereocenters. The molecule has 0 bridgehead atoms. The number of hydrogen-bond donors (Lipinski definition) is 2. The Balaban J connectivity index is 1.77. The number of halogens is 2. The number of nitrogens with one attached hydrogen (secondary N) is 2. The van der Waals surface area contributed by atoms with Gasteiger partial charge < -0.3 is 10.3 Å². The third kappa shape index (κ3) is 4.13. The molecular weight excluding hydrogens is 368 g/mol. The fraction of sp³-hybridized carbons (Fsp3) is 0.300. The summed E-state index contributed by atoms with van der Waals surface area (Å²) in [5.74, 6) is -1.76. The van der Waals surface area contributed by atoms with Gasteiger partial charge in [-0.05, 0) is 30.9 Å². The van der Waals surface area contributed by atoms with E-state index in [-0.39, 0.29) is 11.8 Å². The van der Waals surface area contributed by atoms with E-state index in [0.29, 0.717) is 16.2 Å². The summed E-state index contributed by atoms with van der Waals surface area (Å²) in [5.41, 5.74) is 3.63. The van der Waals surface area contributed by atoms with Crippen molar-refractivity contribution < 1.29 is 13.6 Å². The van der Waals surface area contributed by atoms with Crippen LogP contribution in [0.25, 0.3) is 11.0 Å². The number of thioether (sulfide) groups is 1. The molecule has 0 spiro atoms. The molecule has 27 heavy (non-hydrogen) atoms. The zero-order valence-electron chi connectivity index (χ0n) is 15.6. The maximum atomic E-state index is 13.3. The highest BCUT2D eigenvalue weighted by molar-refractivity contribution is 8.00. The van der Waals surface area contributed by atoms with Crippen molar-refractivity contribution in [3.05, 3.63) is 53.1 Å². The molecule has 4 nitrogen and oxygen atoms in total. The molecule has 0 aliphatic heterocycles. The van der Waals surface area contributed by atoms with Gasteiger partial charge in [-0.25, -0.2) is 13.8 Å². The van der Waals surface area contributed by atoms with E-state index in [0.717, 1.165) is 28.9 Å². The van der Waals surface area contributed by atoms with Gasteiger partial charge in [0.2, 0.25) is 5.91 Å². The van der Waals surface area contributed by atoms with Crippen molar-refractivity contribution in [3.8, 4) is 0 Å². The van der Waals surface area contributed by atoms with Gasteiger partial charge in [0, 0.05) is 17.8 Å². The molecule has 1 aromatic heterocycles. The number of H-pyrrole nitrogens is 1. The van der Waals surface area contributed by atoms with Gasteiger partial charge >= 0.3 is 0 Å². The van der Waals surface area contributed by atoms with Crippen LogP contribution in [0.3, 0.4) is 0 Å². The van der Waals surface area contributed by atoms with Crippen LogP contribution in [0.4, 0.5) is 14.5 Å². The van der Waals surface area contributed by atoms with Crippen molar-refractivity contribution in [2.45, 2.75) is 44.0 Å². The molecular formula is C20H21F2N3OS. The summed E-state index contributed by atoms with van der Waals surface area (Å²) < 4.78 is 26.7. The standard InChI is InChI=1S/C20H21F2N3OS/c1-10(2)13-7-5-6-11(3)18(13)25-19(26)12(4)27-20-23-16-8-14(21)15(22)9-17(16)24-20/h5-10,12H,1-4H3,(H,23,24)(H,25,26). The fourth-order valence-corrected chi connectivity index (χ4v) is 3.65. The smallest absolute Gasteiger partial charge is 0.237 e. The van der Waals surface area contributed by atoms with Crippen molar-refractivity contribution in [2.24, 2.45) is 0 Å². The summed E-state index contributed by atoms with van der Waals surface area (Å²) in [4.78, 5) is 19.8. The van der Waals surface area contributed by atoms with Crippen molar-refractivity contribution in [2.75, 3.05) is 5.32 Å². The Morgan fingerprint density at radius 1 is 1.19 bits per heavy atom. The number of hydrogen-bond acceptors (Lipinski definition) is 3. The van der Waals surface area contributed by atoms with Crippen LogP contribution in [0.1, 0.15) is 37.8 Å². The van der Waals surface area contributed by atoms with Crippen LogP contribution in [-0.2, 0) is 4.79 Å². The Hall–Kier alpha value is -2.41. The van der Waals surface area contributed by atoms with Crippen molar-refractivity contribution in [1.82, 2.24) is 9.97 Å². The monoisotopic (exact) mass is 389 g/mol. The first-order valence-electron chi connectivity index (χ1n) is 8.68. The highest BCUT2D eigenvalue weighted by Crippen LogP contribution is 2.29. The van der Waals surface area contributed by atoms with Crippen molar-refractivity contribution >= 4 is 34.4 Å². The molecule has 2 aromatic carbocycles. The number of benzene rings is 2. The second kappa shape index (κ2) is 7.68. The Kier molecular flexibility index (Phi) is 5.51. The molecule has 0 saturated heterocycles. The number of aryl methyl sites for hydroxylation is 1. The van der Waals surface area contributed by atoms with Crippen LogP contribution in [0.2, 0.25) is 0 Å². The number of rotatable bonds is 5. The van der Waals surface area contributed by atoms with Crippen molar-refractivity contribution in [3.63, 3.8) is 0 Å². The van der Waals surface area contributed by atoms with Crippen LogP contribution in [0.15, 0.2) is 35.5 Å². The number of fused-ring (bicyclic) bond motifs is 1. The van der Waals surface area contributed by atoms with Crippen LogP contribution in [-0.4, -0.2) is 21.1 Å². The Morgan fingerprint density at radius 2 is 1.89 bits per heavy atom. The minimum absolute atomic E-state index is 0.158. The lowest BCUT2D eigenvalue weighted by molar-refractivity contribution is -0.115. The summed E-state index contributed by atoms with van der Waals surface area (Å²) in [5, 5.41) is 3.00. The van der Waals surface area contributed by atoms with Crippen LogP contribution in [0, 0.1) is 18.6 Å². The summed E-state index contributed by atoms with van der Waals surface area (Å²) >= 11 is 1.20. The van der Waals surface area contributed by atoms with E-state index >= 15 is 0 Å². The molecule has 3 rings (SSSR count). The average molecular weight is 389 g/mol. The SMILES string of the molecule is Cc1cccc(C(C)C)c1NC(=O)C(C)Sc1nc2cc(F)c(F)cc2[nH]1. The van der Waals surface area contributed by atoms with E-state index in [9.17, 15) is 13.6 Å². The van der Waals surface area contributed by atoms with E-state index in [1.54, 1.807) is 6.92 Å². The predicted octanol–water partition coefficient (Wildman–Crippen LogP) is 5.39. The lowest BCUT2D eigenvalue weighted by Crippen LogP contribution is -2.24. The molecule has 0 radical (unpaired) electrons. The van der Waals surface area contributed by atoms with Gasteiger partial charge in [0.15, 0.2) is 16.8 Å². The average Bonchev–Trinajstić information content (AvgIpc) is 2.97. The quantitative estimate of drug-likeness (QED) is 0.575. The van der Waals surface area contributed by atoms with Crippen LogP contribution in [0.5, 0.6) is 0 Å². The number of imidazole rings is 1. The zero-order chi connectivity index (χ0) is 19.7. The second-order valence-corrected chi connectivity index (χ2v) is 8.10. The molecule has 142 valence electrons. The molecule has 0 saturated carbocycles. The maximum Gasteiger partial charge on any atom is 0.237 e. The van der Waals surface area contributed by atoms with Crippen LogP contribution >= 0.6 is 11.8 Å². The summed E-state index contributed by atoms with van der Waals surface area (Å²) in [6, 6.07) is 8.05. The molecule has 0 fully saturated rings. The molecule has 7 heteroatoms. The van der Waals surface area contributed by atoms with E-state index < -0.39 is 16.9 Å². The molecule has 1 heterocycles. The number of anilines is 1. The fourth-order valence-electron chi connectivity index (χ4n) is 2.83. The topological polar surface area (TPSA) is 57.8 Å². The number of aromatic amines is 1. The highest BCUT2D eigenvalue weighted by Gasteiger charge is 2.20. The van der Waals surface area contributed by atoms with Gasteiger partial charge in [0.1, 0.15) is 0 Å². The van der Waals surface area contributed by atoms with Gasteiger partial charge in [-0.3, -0.25) is 4.79 Å². The second-order valence-electron chi connectivity index (χ2n) is 6.77. The molecule has 2 N–H and O–H groups in total. The number of nitrogens with zero attached hydrogens (tertiary/aromatic N) is 1. The zero-order valence-corrected chi connectivity index (χ0v) is 16.4. The minimum Gasteiger partial charge on any atom is -0.333 e. The van der Waals surface area contributed by atoms with E-state index in [2.05, 4.69) is 29.1 Å². The lowest BCUT2D eigenvalue weighted by Gasteiger charge is -2.18. The summed E-state index contributed by atoms with van der Waals surface area (Å²) in [6.45, 7) is 7.88. The van der Waals surface area contributed by atoms with Gasteiger partial charge in [-0.2, -0.15) is 0 Å². The lowest BCUT2D eigenvalue weighted by atomic mass is 9.98. The third-order valence-corrected chi connectivity index (χ3v) is 5.32. The number of aromatic nitrogens is 2. The number of carbonyl (C=O) groups excluding carboxylic acids is 1. The summed E-state index contributed by atoms with van der Waals surface area (Å²) in [6.07, 6.45) is 0. The van der Waals surface area contributed by atoms with Gasteiger partial charge in [-0.15, -0.1) is 0 Å².